The summed E-state index contributed by atoms with van der Waals surface area (Å²) in [5, 5.41) is 11.7. The van der Waals surface area contributed by atoms with Crippen LogP contribution in [0.5, 0.6) is 0 Å². The van der Waals surface area contributed by atoms with Crippen LogP contribution in [0.2, 0.25) is 0 Å². The van der Waals surface area contributed by atoms with Gasteiger partial charge in [-0.05, 0) is 12.1 Å². The highest BCUT2D eigenvalue weighted by molar-refractivity contribution is 5.76. The zero-order valence-electron chi connectivity index (χ0n) is 8.08. The molecule has 2 rings (SSSR count). The van der Waals surface area contributed by atoms with E-state index < -0.39 is 0 Å². The van der Waals surface area contributed by atoms with E-state index in [1.54, 1.807) is 36.7 Å². The Hall–Kier alpha value is -2.16. The molecule has 3 heteroatoms. The average molecular weight is 198 g/mol. The minimum atomic E-state index is 0.620. The Labute approximate surface area is 87.9 Å². The molecule has 0 radical (unpaired) electrons. The Morgan fingerprint density at radius 1 is 1.00 bits per heavy atom. The summed E-state index contributed by atoms with van der Waals surface area (Å²) in [6, 6.07) is 12.7. The summed E-state index contributed by atoms with van der Waals surface area (Å²) in [6.07, 6.45) is 4.84. The van der Waals surface area contributed by atoms with E-state index in [0.717, 1.165) is 10.3 Å². The molecular weight excluding hydrogens is 188 g/mol. The molecule has 1 aromatic carbocycles. The van der Waals surface area contributed by atoms with E-state index >= 15 is 0 Å². The topological polar surface area (TPSA) is 39.0 Å². The van der Waals surface area contributed by atoms with E-state index in [2.05, 4.69) is 4.98 Å². The standard InChI is InChI=1S/C12H10N2O/c15-14(12-4-2-1-3-5-12)10-11-6-8-13-9-7-11/h1-10H/b14-10+. The maximum absolute atomic E-state index is 11.7. The van der Waals surface area contributed by atoms with Gasteiger partial charge in [0.15, 0.2) is 6.21 Å². The molecule has 15 heavy (non-hydrogen) atoms. The van der Waals surface area contributed by atoms with Crippen LogP contribution in [0, 0.1) is 5.21 Å². The van der Waals surface area contributed by atoms with Gasteiger partial charge in [0.2, 0.25) is 5.69 Å². The van der Waals surface area contributed by atoms with Crippen LogP contribution in [0.15, 0.2) is 54.9 Å². The van der Waals surface area contributed by atoms with E-state index in [9.17, 15) is 5.21 Å². The molecule has 3 nitrogen and oxygen atoms in total. The van der Waals surface area contributed by atoms with Crippen molar-refractivity contribution in [2.75, 3.05) is 0 Å². The van der Waals surface area contributed by atoms with Gasteiger partial charge in [-0.2, -0.15) is 4.74 Å². The minimum absolute atomic E-state index is 0.620. The zero-order chi connectivity index (χ0) is 10.5. The van der Waals surface area contributed by atoms with Crippen molar-refractivity contribution in [3.05, 3.63) is 65.6 Å². The van der Waals surface area contributed by atoms with E-state index in [-0.39, 0.29) is 0 Å². The third kappa shape index (κ3) is 2.40. The molecule has 0 atom stereocenters. The van der Waals surface area contributed by atoms with E-state index in [1.807, 2.05) is 18.2 Å². The van der Waals surface area contributed by atoms with Crippen molar-refractivity contribution in [2.24, 2.45) is 0 Å². The highest BCUT2D eigenvalue weighted by Crippen LogP contribution is 2.08. The molecule has 0 spiro atoms. The van der Waals surface area contributed by atoms with Crippen LogP contribution >= 0.6 is 0 Å². The predicted octanol–water partition coefficient (Wildman–Crippen LogP) is 2.34. The van der Waals surface area contributed by atoms with Gasteiger partial charge in [0.1, 0.15) is 0 Å². The van der Waals surface area contributed by atoms with Gasteiger partial charge in [-0.25, -0.2) is 0 Å². The van der Waals surface area contributed by atoms with Crippen LogP contribution in [0.3, 0.4) is 0 Å². The number of pyridine rings is 1. The molecule has 0 bridgehead atoms. The fraction of sp³-hybridized carbons (Fsp3) is 0. The van der Waals surface area contributed by atoms with Crippen LogP contribution < -0.4 is 0 Å². The molecule has 0 unspecified atom stereocenters. The molecule has 74 valence electrons. The number of para-hydroxylation sites is 1. The van der Waals surface area contributed by atoms with Crippen molar-refractivity contribution >= 4 is 11.9 Å². The highest BCUT2D eigenvalue weighted by Gasteiger charge is 1.98. The molecule has 0 saturated carbocycles. The first-order valence-electron chi connectivity index (χ1n) is 4.62. The lowest BCUT2D eigenvalue weighted by molar-refractivity contribution is -0.354. The van der Waals surface area contributed by atoms with Crippen molar-refractivity contribution in [1.29, 1.82) is 0 Å². The van der Waals surface area contributed by atoms with Crippen LogP contribution in [0.25, 0.3) is 0 Å². The van der Waals surface area contributed by atoms with Gasteiger partial charge in [-0.3, -0.25) is 4.98 Å². The Kier molecular flexibility index (Phi) is 2.74. The van der Waals surface area contributed by atoms with E-state index in [0.29, 0.717) is 5.69 Å². The fourth-order valence-corrected chi connectivity index (χ4v) is 1.23. The molecule has 1 heterocycles. The number of nitrogens with zero attached hydrogens (tertiary/aromatic N) is 2. The number of hydrogen-bond acceptors (Lipinski definition) is 2. The number of hydrogen-bond donors (Lipinski definition) is 0. The molecule has 1 aromatic heterocycles. The van der Waals surface area contributed by atoms with Gasteiger partial charge in [0.25, 0.3) is 0 Å². The van der Waals surface area contributed by atoms with Crippen LogP contribution in [-0.4, -0.2) is 15.9 Å². The maximum Gasteiger partial charge on any atom is 0.216 e. The molecule has 0 aliphatic rings. The Bertz CT molecular complexity index is 452. The zero-order valence-corrected chi connectivity index (χ0v) is 8.08. The normalized spacial score (nSPS) is 11.3. The lowest BCUT2D eigenvalue weighted by Gasteiger charge is -2.01. The fourth-order valence-electron chi connectivity index (χ4n) is 1.23. The Morgan fingerprint density at radius 2 is 1.67 bits per heavy atom. The van der Waals surface area contributed by atoms with Gasteiger partial charge >= 0.3 is 0 Å². The van der Waals surface area contributed by atoms with E-state index in [1.165, 1.54) is 6.21 Å². The summed E-state index contributed by atoms with van der Waals surface area (Å²) in [5.74, 6) is 0. The highest BCUT2D eigenvalue weighted by atomic mass is 16.5. The molecule has 0 fully saturated rings. The molecular formula is C12H10N2O. The second-order valence-electron chi connectivity index (χ2n) is 3.07. The lowest BCUT2D eigenvalue weighted by Crippen LogP contribution is -1.98. The summed E-state index contributed by atoms with van der Waals surface area (Å²) < 4.78 is 0.843. The summed E-state index contributed by atoms with van der Waals surface area (Å²) in [7, 11) is 0. The molecule has 0 saturated heterocycles. The first-order chi connectivity index (χ1) is 7.36. The predicted molar refractivity (Wildman–Crippen MR) is 59.1 cm³/mol. The van der Waals surface area contributed by atoms with Crippen molar-refractivity contribution in [3.63, 3.8) is 0 Å². The van der Waals surface area contributed by atoms with Crippen molar-refractivity contribution < 1.29 is 4.74 Å². The molecule has 0 aliphatic carbocycles. The summed E-state index contributed by atoms with van der Waals surface area (Å²) in [5.41, 5.74) is 1.46. The summed E-state index contributed by atoms with van der Waals surface area (Å²) >= 11 is 0. The monoisotopic (exact) mass is 198 g/mol. The van der Waals surface area contributed by atoms with Gasteiger partial charge in [0, 0.05) is 30.1 Å². The number of benzene rings is 1. The van der Waals surface area contributed by atoms with Crippen molar-refractivity contribution in [1.82, 2.24) is 4.98 Å². The number of rotatable bonds is 2. The van der Waals surface area contributed by atoms with E-state index in [4.69, 9.17) is 0 Å². The van der Waals surface area contributed by atoms with Crippen LogP contribution in [-0.2, 0) is 0 Å². The Morgan fingerprint density at radius 3 is 2.33 bits per heavy atom. The van der Waals surface area contributed by atoms with Gasteiger partial charge in [0.05, 0.1) is 0 Å². The van der Waals surface area contributed by atoms with Gasteiger partial charge in [-0.1, -0.05) is 18.2 Å². The summed E-state index contributed by atoms with van der Waals surface area (Å²) in [6.45, 7) is 0. The third-order valence-electron chi connectivity index (χ3n) is 1.98. The minimum Gasteiger partial charge on any atom is -0.618 e. The van der Waals surface area contributed by atoms with Crippen LogP contribution in [0.4, 0.5) is 5.69 Å². The van der Waals surface area contributed by atoms with Crippen LogP contribution in [0.1, 0.15) is 5.56 Å². The lowest BCUT2D eigenvalue weighted by atomic mass is 10.3. The largest absolute Gasteiger partial charge is 0.618 e. The second-order valence-corrected chi connectivity index (χ2v) is 3.07. The van der Waals surface area contributed by atoms with Gasteiger partial charge in [-0.15, -0.1) is 0 Å². The molecule has 2 aromatic rings. The quantitative estimate of drug-likeness (QED) is 0.321. The first kappa shape index (κ1) is 9.40. The molecule has 0 amide bonds. The summed E-state index contributed by atoms with van der Waals surface area (Å²) in [4.78, 5) is 3.88. The SMILES string of the molecule is [O-]/[N+](=C/c1ccncc1)c1ccccc1. The number of aromatic nitrogens is 1. The third-order valence-corrected chi connectivity index (χ3v) is 1.98. The Balaban J connectivity index is 2.29. The first-order valence-corrected chi connectivity index (χ1v) is 4.62. The van der Waals surface area contributed by atoms with Crippen molar-refractivity contribution in [2.45, 2.75) is 0 Å². The molecule has 0 aliphatic heterocycles. The maximum atomic E-state index is 11.7. The van der Waals surface area contributed by atoms with Gasteiger partial charge < -0.3 is 5.21 Å². The average Bonchev–Trinajstić information content (AvgIpc) is 2.31. The second kappa shape index (κ2) is 4.37. The smallest absolute Gasteiger partial charge is 0.216 e. The molecule has 0 N–H and O–H groups in total. The van der Waals surface area contributed by atoms with Crippen molar-refractivity contribution in [3.8, 4) is 0 Å².